The topological polar surface area (TPSA) is 65.1 Å². The number of nitrogens with zero attached hydrogens (tertiary/aromatic N) is 1. The lowest BCUT2D eigenvalue weighted by Gasteiger charge is -2.27. The lowest BCUT2D eigenvalue weighted by atomic mass is 10.0. The van der Waals surface area contributed by atoms with Crippen LogP contribution in [-0.2, 0) is 14.3 Å². The molecular weight excluding hydrogens is 381 g/mol. The van der Waals surface area contributed by atoms with Gasteiger partial charge in [-0.05, 0) is 44.6 Å². The zero-order valence-corrected chi connectivity index (χ0v) is 16.8. The van der Waals surface area contributed by atoms with Gasteiger partial charge in [-0.2, -0.15) is 0 Å². The Morgan fingerprint density at radius 3 is 2.38 bits per heavy atom. The summed E-state index contributed by atoms with van der Waals surface area (Å²) in [6.07, 6.45) is 0.979. The highest BCUT2D eigenvalue weighted by molar-refractivity contribution is 6.43. The first-order chi connectivity index (χ1) is 12.1. The van der Waals surface area contributed by atoms with Gasteiger partial charge in [0.05, 0.1) is 30.8 Å². The number of carbonyl (C=O) groups excluding carboxylic acids is 2. The number of hydrogen-bond donors (Lipinski definition) is 0. The molecule has 0 spiro atoms. The highest BCUT2D eigenvalue weighted by Gasteiger charge is 2.38. The number of halogens is 2. The maximum Gasteiger partial charge on any atom is 0.411 e. The van der Waals surface area contributed by atoms with Gasteiger partial charge in [0.25, 0.3) is 0 Å². The van der Waals surface area contributed by atoms with Crippen LogP contribution >= 0.6 is 23.2 Å². The van der Waals surface area contributed by atoms with Gasteiger partial charge in [0, 0.05) is 5.56 Å². The zero-order valence-electron chi connectivity index (χ0n) is 15.3. The quantitative estimate of drug-likeness (QED) is 0.710. The molecule has 2 rings (SSSR count). The molecule has 0 fully saturated rings. The van der Waals surface area contributed by atoms with E-state index in [4.69, 9.17) is 37.4 Å². The van der Waals surface area contributed by atoms with Crippen molar-refractivity contribution >= 4 is 40.8 Å². The van der Waals surface area contributed by atoms with Crippen LogP contribution in [0.25, 0.3) is 5.57 Å². The van der Waals surface area contributed by atoms with Crippen molar-refractivity contribution in [3.63, 3.8) is 0 Å². The van der Waals surface area contributed by atoms with Gasteiger partial charge >= 0.3 is 12.1 Å². The first-order valence-corrected chi connectivity index (χ1v) is 8.65. The molecule has 0 aromatic heterocycles. The van der Waals surface area contributed by atoms with Crippen molar-refractivity contribution in [2.24, 2.45) is 0 Å². The number of esters is 1. The SMILES string of the molecule is COC(=O)[C@@H]1C=C(c2c(OC)ccc(Cl)c2Cl)CN1C(=O)OC(C)(C)C. The molecule has 0 N–H and O–H groups in total. The number of benzene rings is 1. The Kier molecular flexibility index (Phi) is 6.09. The molecule has 8 heteroatoms. The third-order valence-electron chi connectivity index (χ3n) is 3.70. The molecule has 1 amide bonds. The molecule has 6 nitrogen and oxygen atoms in total. The number of amides is 1. The third-order valence-corrected chi connectivity index (χ3v) is 4.51. The Balaban J connectivity index is 2.45. The number of methoxy groups -OCH3 is 2. The van der Waals surface area contributed by atoms with Crippen LogP contribution in [0.3, 0.4) is 0 Å². The highest BCUT2D eigenvalue weighted by atomic mass is 35.5. The molecule has 26 heavy (non-hydrogen) atoms. The summed E-state index contributed by atoms with van der Waals surface area (Å²) in [7, 11) is 2.76. The van der Waals surface area contributed by atoms with E-state index in [0.29, 0.717) is 21.9 Å². The van der Waals surface area contributed by atoms with E-state index in [-0.39, 0.29) is 11.6 Å². The van der Waals surface area contributed by atoms with Crippen molar-refractivity contribution in [2.45, 2.75) is 32.4 Å². The van der Waals surface area contributed by atoms with Crippen molar-refractivity contribution < 1.29 is 23.8 Å². The lowest BCUT2D eigenvalue weighted by Crippen LogP contribution is -2.44. The molecule has 1 aromatic carbocycles. The molecule has 1 aliphatic rings. The van der Waals surface area contributed by atoms with Gasteiger partial charge in [0.15, 0.2) is 6.04 Å². The number of carbonyl (C=O) groups is 2. The smallest absolute Gasteiger partial charge is 0.411 e. The van der Waals surface area contributed by atoms with Crippen molar-refractivity contribution in [3.8, 4) is 5.75 Å². The van der Waals surface area contributed by atoms with Gasteiger partial charge in [0.2, 0.25) is 0 Å². The van der Waals surface area contributed by atoms with E-state index in [9.17, 15) is 9.59 Å². The normalized spacial score (nSPS) is 17.0. The van der Waals surface area contributed by atoms with E-state index >= 15 is 0 Å². The summed E-state index contributed by atoms with van der Waals surface area (Å²) in [5, 5.41) is 0.626. The van der Waals surface area contributed by atoms with Crippen LogP contribution in [0.2, 0.25) is 10.0 Å². The lowest BCUT2D eigenvalue weighted by molar-refractivity contribution is -0.144. The fourth-order valence-electron chi connectivity index (χ4n) is 2.59. The summed E-state index contributed by atoms with van der Waals surface area (Å²) in [5.74, 6) is -0.0942. The van der Waals surface area contributed by atoms with Gasteiger partial charge in [-0.25, -0.2) is 9.59 Å². The summed E-state index contributed by atoms with van der Waals surface area (Å²) < 4.78 is 15.6. The Hall–Kier alpha value is -1.92. The minimum absolute atomic E-state index is 0.102. The van der Waals surface area contributed by atoms with Gasteiger partial charge in [-0.3, -0.25) is 4.90 Å². The van der Waals surface area contributed by atoms with E-state index in [1.165, 1.54) is 19.1 Å². The maximum atomic E-state index is 12.5. The first-order valence-electron chi connectivity index (χ1n) is 7.89. The fourth-order valence-corrected chi connectivity index (χ4v) is 3.03. The van der Waals surface area contributed by atoms with Crippen molar-refractivity contribution in [2.75, 3.05) is 20.8 Å². The summed E-state index contributed by atoms with van der Waals surface area (Å²) in [6, 6.07) is 2.36. The molecule has 0 saturated carbocycles. The number of ether oxygens (including phenoxy) is 3. The van der Waals surface area contributed by atoms with Gasteiger partial charge in [-0.15, -0.1) is 0 Å². The summed E-state index contributed by atoms with van der Waals surface area (Å²) >= 11 is 12.5. The van der Waals surface area contributed by atoms with E-state index in [1.807, 2.05) is 0 Å². The van der Waals surface area contributed by atoms with Crippen LogP contribution in [0, 0.1) is 0 Å². The van der Waals surface area contributed by atoms with Gasteiger partial charge in [-0.1, -0.05) is 23.2 Å². The van der Waals surface area contributed by atoms with Crippen LogP contribution in [0.1, 0.15) is 26.3 Å². The largest absolute Gasteiger partial charge is 0.496 e. The highest BCUT2D eigenvalue weighted by Crippen LogP contribution is 2.40. The molecule has 1 atom stereocenters. The molecule has 0 radical (unpaired) electrons. The number of rotatable bonds is 3. The predicted molar refractivity (Wildman–Crippen MR) is 99.7 cm³/mol. The Labute approximate surface area is 162 Å². The second kappa shape index (κ2) is 7.76. The first kappa shape index (κ1) is 20.4. The molecule has 1 aromatic rings. The second-order valence-electron chi connectivity index (χ2n) is 6.71. The van der Waals surface area contributed by atoms with Gasteiger partial charge < -0.3 is 14.2 Å². The molecule has 1 heterocycles. The molecule has 0 saturated heterocycles. The van der Waals surface area contributed by atoms with E-state index in [1.54, 1.807) is 39.0 Å². The van der Waals surface area contributed by atoms with Crippen molar-refractivity contribution in [1.82, 2.24) is 4.90 Å². The van der Waals surface area contributed by atoms with Crippen molar-refractivity contribution in [1.29, 1.82) is 0 Å². The molecule has 1 aliphatic heterocycles. The zero-order chi connectivity index (χ0) is 19.6. The van der Waals surface area contributed by atoms with Crippen LogP contribution in [-0.4, -0.2) is 49.4 Å². The van der Waals surface area contributed by atoms with E-state index in [0.717, 1.165) is 0 Å². The van der Waals surface area contributed by atoms with Crippen molar-refractivity contribution in [3.05, 3.63) is 33.8 Å². The average Bonchev–Trinajstić information content (AvgIpc) is 2.99. The minimum Gasteiger partial charge on any atom is -0.496 e. The van der Waals surface area contributed by atoms with Crippen LogP contribution in [0.15, 0.2) is 18.2 Å². The predicted octanol–water partition coefficient (Wildman–Crippen LogP) is 4.18. The molecule has 142 valence electrons. The van der Waals surface area contributed by atoms with Crippen LogP contribution < -0.4 is 4.74 Å². The molecular formula is C18H21Cl2NO5. The monoisotopic (exact) mass is 401 g/mol. The van der Waals surface area contributed by atoms with E-state index in [2.05, 4.69) is 0 Å². The summed E-state index contributed by atoms with van der Waals surface area (Å²) in [6.45, 7) is 5.35. The molecule has 0 aliphatic carbocycles. The average molecular weight is 402 g/mol. The van der Waals surface area contributed by atoms with Crippen LogP contribution in [0.4, 0.5) is 4.79 Å². The van der Waals surface area contributed by atoms with Crippen LogP contribution in [0.5, 0.6) is 5.75 Å². The van der Waals surface area contributed by atoms with Gasteiger partial charge in [0.1, 0.15) is 11.4 Å². The number of hydrogen-bond acceptors (Lipinski definition) is 5. The summed E-state index contributed by atoms with van der Waals surface area (Å²) in [4.78, 5) is 26.0. The molecule has 0 unspecified atom stereocenters. The fraction of sp³-hybridized carbons (Fsp3) is 0.444. The van der Waals surface area contributed by atoms with E-state index < -0.39 is 23.7 Å². The standard InChI is InChI=1S/C18H21Cl2NO5/c1-18(2,3)26-17(23)21-9-10(8-12(21)16(22)25-5)14-13(24-4)7-6-11(19)15(14)20/h6-8,12H,9H2,1-5H3/t12-/m0/s1. The summed E-state index contributed by atoms with van der Waals surface area (Å²) in [5.41, 5.74) is 0.448. The third kappa shape index (κ3) is 4.24. The Morgan fingerprint density at radius 1 is 1.19 bits per heavy atom. The second-order valence-corrected chi connectivity index (χ2v) is 7.49. The minimum atomic E-state index is -0.926. The Bertz CT molecular complexity index is 755. The Morgan fingerprint density at radius 2 is 1.85 bits per heavy atom. The molecule has 0 bridgehead atoms. The maximum absolute atomic E-state index is 12.5.